The van der Waals surface area contributed by atoms with Gasteiger partial charge in [-0.15, -0.1) is 0 Å². The summed E-state index contributed by atoms with van der Waals surface area (Å²) in [4.78, 5) is 35.5. The van der Waals surface area contributed by atoms with Gasteiger partial charge in [0, 0.05) is 31.3 Å². The van der Waals surface area contributed by atoms with Crippen molar-refractivity contribution in [3.05, 3.63) is 12.2 Å². The summed E-state index contributed by atoms with van der Waals surface area (Å²) in [7, 11) is 0. The standard InChI is InChI=1S/C25H20F26N2O4/c1-9(2)13(56)57-10(7-52-11(54)3-5-14(26,27)16(30,31)18(34,35)20(38,39)22(42,43)24(46,47)48)8-53-12(55)4-6-15(28,29)17(32,33)19(36,37)21(40,41)23(44,45)25(49,50)51/h10H,1,3-8H2,2H3,(H,52,54)(H,53,55). The Morgan fingerprint density at radius 1 is 0.456 bits per heavy atom. The Balaban J connectivity index is 5.89. The lowest BCUT2D eigenvalue weighted by molar-refractivity contribution is -0.440. The monoisotopic (exact) mass is 906 g/mol. The summed E-state index contributed by atoms with van der Waals surface area (Å²) in [5.74, 6) is -83.8. The second kappa shape index (κ2) is 16.2. The zero-order chi connectivity index (χ0) is 46.3. The van der Waals surface area contributed by atoms with Crippen molar-refractivity contribution in [2.45, 2.75) is 110 Å². The van der Waals surface area contributed by atoms with Crippen LogP contribution in [-0.4, -0.2) is 109 Å². The van der Waals surface area contributed by atoms with Crippen LogP contribution in [0.5, 0.6) is 0 Å². The molecule has 0 aromatic heterocycles. The summed E-state index contributed by atoms with van der Waals surface area (Å²) in [6.45, 7) is 0.954. The molecule has 0 rings (SSSR count). The molecule has 336 valence electrons. The van der Waals surface area contributed by atoms with Gasteiger partial charge in [0.2, 0.25) is 11.8 Å². The molecule has 0 heterocycles. The lowest BCUT2D eigenvalue weighted by Crippen LogP contribution is -2.70. The van der Waals surface area contributed by atoms with E-state index in [9.17, 15) is 129 Å². The highest BCUT2D eigenvalue weighted by Crippen LogP contribution is 2.62. The van der Waals surface area contributed by atoms with Crippen LogP contribution in [0.15, 0.2) is 12.2 Å². The van der Waals surface area contributed by atoms with E-state index in [-0.39, 0.29) is 0 Å². The zero-order valence-corrected chi connectivity index (χ0v) is 27.0. The minimum atomic E-state index is -8.26. The van der Waals surface area contributed by atoms with Crippen molar-refractivity contribution < 1.29 is 133 Å². The molecule has 57 heavy (non-hydrogen) atoms. The number of nitrogens with one attached hydrogen (secondary N) is 2. The van der Waals surface area contributed by atoms with Gasteiger partial charge in [-0.1, -0.05) is 6.58 Å². The highest BCUT2D eigenvalue weighted by molar-refractivity contribution is 5.87. The molecule has 0 radical (unpaired) electrons. The average Bonchev–Trinajstić information content (AvgIpc) is 3.01. The van der Waals surface area contributed by atoms with Crippen LogP contribution >= 0.6 is 0 Å². The fourth-order valence-electron chi connectivity index (χ4n) is 3.50. The van der Waals surface area contributed by atoms with Crippen LogP contribution in [-0.2, 0) is 19.1 Å². The molecule has 0 aromatic rings. The predicted molar refractivity (Wildman–Crippen MR) is 131 cm³/mol. The smallest absolute Gasteiger partial charge is 0.455 e. The zero-order valence-electron chi connectivity index (χ0n) is 27.0. The molecule has 2 amide bonds. The summed E-state index contributed by atoms with van der Waals surface area (Å²) < 4.78 is 348. The Hall–Kier alpha value is -3.67. The van der Waals surface area contributed by atoms with E-state index in [0.29, 0.717) is 0 Å². The quantitative estimate of drug-likeness (QED) is 0.0728. The number of rotatable bonds is 20. The Kier molecular flexibility index (Phi) is 15.1. The molecule has 0 fully saturated rings. The highest BCUT2D eigenvalue weighted by Gasteiger charge is 2.92. The molecular formula is C25H20F26N2O4. The van der Waals surface area contributed by atoms with Gasteiger partial charge in [-0.3, -0.25) is 9.59 Å². The molecule has 0 aliphatic rings. The van der Waals surface area contributed by atoms with Gasteiger partial charge in [-0.05, 0) is 6.92 Å². The molecule has 0 spiro atoms. The van der Waals surface area contributed by atoms with Gasteiger partial charge < -0.3 is 15.4 Å². The summed E-state index contributed by atoms with van der Waals surface area (Å²) in [5, 5.41) is 2.65. The van der Waals surface area contributed by atoms with Gasteiger partial charge in [-0.25, -0.2) is 4.79 Å². The molecule has 6 nitrogen and oxygen atoms in total. The third kappa shape index (κ3) is 9.80. The van der Waals surface area contributed by atoms with Gasteiger partial charge in [0.15, 0.2) is 0 Å². The number of amides is 2. The number of alkyl halides is 26. The molecule has 0 saturated heterocycles. The van der Waals surface area contributed by atoms with Crippen molar-refractivity contribution in [2.24, 2.45) is 0 Å². The minimum absolute atomic E-state index is 0.607. The molecule has 0 atom stereocenters. The van der Waals surface area contributed by atoms with Gasteiger partial charge in [-0.2, -0.15) is 114 Å². The highest BCUT2D eigenvalue weighted by atomic mass is 19.4. The Bertz CT molecular complexity index is 1370. The van der Waals surface area contributed by atoms with Crippen LogP contribution in [0.2, 0.25) is 0 Å². The predicted octanol–water partition coefficient (Wildman–Crippen LogP) is 8.74. The van der Waals surface area contributed by atoms with Gasteiger partial charge in [0.1, 0.15) is 6.10 Å². The first-order valence-electron chi connectivity index (χ1n) is 14.0. The molecule has 0 aromatic carbocycles. The molecule has 0 bridgehead atoms. The van der Waals surface area contributed by atoms with Crippen LogP contribution in [0.3, 0.4) is 0 Å². The number of ether oxygens (including phenoxy) is 1. The van der Waals surface area contributed by atoms with E-state index in [0.717, 1.165) is 6.92 Å². The number of halogens is 26. The third-order valence-electron chi connectivity index (χ3n) is 7.00. The Morgan fingerprint density at radius 3 is 0.930 bits per heavy atom. The van der Waals surface area contributed by atoms with E-state index in [1.54, 1.807) is 0 Å². The first-order valence-corrected chi connectivity index (χ1v) is 14.0. The van der Waals surface area contributed by atoms with Crippen molar-refractivity contribution in [3.8, 4) is 0 Å². The second-order valence-electron chi connectivity index (χ2n) is 11.4. The lowest BCUT2D eigenvalue weighted by atomic mass is 9.92. The van der Waals surface area contributed by atoms with Crippen molar-refractivity contribution in [3.63, 3.8) is 0 Å². The summed E-state index contributed by atoms with van der Waals surface area (Å²) in [6, 6.07) is 0. The van der Waals surface area contributed by atoms with Crippen LogP contribution < -0.4 is 10.6 Å². The van der Waals surface area contributed by atoms with Crippen LogP contribution in [0.25, 0.3) is 0 Å². The number of carbonyl (C=O) groups excluding carboxylic acids is 3. The van der Waals surface area contributed by atoms with Gasteiger partial charge in [0.25, 0.3) is 0 Å². The normalized spacial score (nSPS) is 15.1. The minimum Gasteiger partial charge on any atom is -0.455 e. The largest absolute Gasteiger partial charge is 0.460 e. The molecule has 0 aliphatic heterocycles. The number of esters is 1. The van der Waals surface area contributed by atoms with Gasteiger partial charge in [0.05, 0.1) is 13.1 Å². The first kappa shape index (κ1) is 53.3. The summed E-state index contributed by atoms with van der Waals surface area (Å²) >= 11 is 0. The Morgan fingerprint density at radius 2 is 0.702 bits per heavy atom. The van der Waals surface area contributed by atoms with Crippen molar-refractivity contribution in [2.75, 3.05) is 13.1 Å². The van der Waals surface area contributed by atoms with Crippen LogP contribution in [0, 0.1) is 0 Å². The number of hydrogen-bond donors (Lipinski definition) is 2. The molecule has 2 N–H and O–H groups in total. The SMILES string of the molecule is C=C(C)C(=O)OC(CNC(=O)CCC(F)(F)C(F)(F)C(F)(F)C(F)(F)C(F)(F)C(F)(F)F)CNC(=O)CCC(F)(F)C(F)(F)C(F)(F)C(F)(F)C(F)(F)C(F)(F)F. The van der Waals surface area contributed by atoms with E-state index in [4.69, 9.17) is 0 Å². The van der Waals surface area contributed by atoms with E-state index in [2.05, 4.69) is 11.3 Å². The van der Waals surface area contributed by atoms with E-state index < -0.39 is 140 Å². The Labute approximate surface area is 298 Å². The maximum absolute atomic E-state index is 13.9. The summed E-state index contributed by atoms with van der Waals surface area (Å²) in [5.41, 5.74) is -0.607. The van der Waals surface area contributed by atoms with E-state index >= 15 is 0 Å². The average molecular weight is 906 g/mol. The van der Waals surface area contributed by atoms with Crippen LogP contribution in [0.1, 0.15) is 32.6 Å². The topological polar surface area (TPSA) is 84.5 Å². The number of hydrogen-bond acceptors (Lipinski definition) is 4. The van der Waals surface area contributed by atoms with Gasteiger partial charge >= 0.3 is 77.5 Å². The molecular weight excluding hydrogens is 886 g/mol. The first-order chi connectivity index (χ1) is 24.7. The maximum atomic E-state index is 13.9. The van der Waals surface area contributed by atoms with Crippen LogP contribution in [0.4, 0.5) is 114 Å². The van der Waals surface area contributed by atoms with Crippen molar-refractivity contribution >= 4 is 17.8 Å². The van der Waals surface area contributed by atoms with Crippen molar-refractivity contribution in [1.29, 1.82) is 0 Å². The van der Waals surface area contributed by atoms with E-state index in [1.807, 2.05) is 0 Å². The number of carbonyl (C=O) groups is 3. The van der Waals surface area contributed by atoms with Crippen molar-refractivity contribution in [1.82, 2.24) is 10.6 Å². The fraction of sp³-hybridized carbons (Fsp3) is 0.800. The molecule has 32 heteroatoms. The molecule has 0 saturated carbocycles. The lowest BCUT2D eigenvalue weighted by Gasteiger charge is -2.39. The fourth-order valence-corrected chi connectivity index (χ4v) is 3.50. The maximum Gasteiger partial charge on any atom is 0.460 e. The van der Waals surface area contributed by atoms with E-state index in [1.165, 1.54) is 10.6 Å². The molecule has 0 unspecified atom stereocenters. The summed E-state index contributed by atoms with van der Waals surface area (Å²) in [6.07, 6.45) is -28.3. The second-order valence-corrected chi connectivity index (χ2v) is 11.4. The molecule has 0 aliphatic carbocycles. The third-order valence-corrected chi connectivity index (χ3v) is 7.00.